The molecule has 0 radical (unpaired) electrons. The molecule has 3 N–H and O–H groups in total. The van der Waals surface area contributed by atoms with Crippen LogP contribution in [0.5, 0.6) is 0 Å². The minimum atomic E-state index is -1.02. The molecule has 0 fully saturated rings. The van der Waals surface area contributed by atoms with Gasteiger partial charge in [-0.25, -0.2) is 14.8 Å². The lowest BCUT2D eigenvalue weighted by molar-refractivity contribution is 0.0991. The van der Waals surface area contributed by atoms with Crippen molar-refractivity contribution in [2.24, 2.45) is 4.99 Å². The highest BCUT2D eigenvalue weighted by molar-refractivity contribution is 5.96. The molecule has 3 rings (SSSR count). The first kappa shape index (κ1) is 24.1. The zero-order valence-electron chi connectivity index (χ0n) is 19.7. The van der Waals surface area contributed by atoms with Crippen molar-refractivity contribution >= 4 is 17.7 Å². The van der Waals surface area contributed by atoms with Gasteiger partial charge in [0.25, 0.3) is 0 Å². The maximum absolute atomic E-state index is 12.3. The number of carbonyl (C=O) groups is 1. The largest absolute Gasteiger partial charge is 0.370 e. The Morgan fingerprint density at radius 1 is 1.48 bits per heavy atom. The maximum Gasteiger partial charge on any atom is 0.320 e. The predicted octanol–water partition coefficient (Wildman–Crippen LogP) is 3.00. The van der Waals surface area contributed by atoms with E-state index >= 15 is 0 Å². The number of pyridine rings is 1. The van der Waals surface area contributed by atoms with Gasteiger partial charge in [0.15, 0.2) is 5.54 Å². The number of amidine groups is 1. The molecule has 1 aliphatic heterocycles. The summed E-state index contributed by atoms with van der Waals surface area (Å²) in [5, 5.41) is 8.91. The van der Waals surface area contributed by atoms with Crippen LogP contribution < -0.4 is 16.0 Å². The highest BCUT2D eigenvalue weighted by Crippen LogP contribution is 2.24. The van der Waals surface area contributed by atoms with Gasteiger partial charge in [0.05, 0.1) is 0 Å². The van der Waals surface area contributed by atoms with E-state index in [1.54, 1.807) is 21.0 Å². The molecule has 0 bridgehead atoms. The molecule has 7 nitrogen and oxygen atoms in total. The number of nitrogens with zero attached hydrogens (tertiary/aromatic N) is 2. The zero-order valence-corrected chi connectivity index (χ0v) is 19.7. The second-order valence-electron chi connectivity index (χ2n) is 8.39. The Morgan fingerprint density at radius 3 is 3.06 bits per heavy atom. The molecular weight excluding hydrogens is 414 g/mol. The first-order valence-electron chi connectivity index (χ1n) is 11.1. The second kappa shape index (κ2) is 10.4. The molecule has 7 heteroatoms. The zero-order chi connectivity index (χ0) is 23.9. The van der Waals surface area contributed by atoms with Crippen LogP contribution in [0.1, 0.15) is 38.4 Å². The first-order chi connectivity index (χ1) is 15.8. The number of anilines is 1. The fourth-order valence-corrected chi connectivity index (χ4v) is 3.56. The van der Waals surface area contributed by atoms with E-state index in [2.05, 4.69) is 49.8 Å². The smallest absolute Gasteiger partial charge is 0.320 e. The minimum absolute atomic E-state index is 0.348. The van der Waals surface area contributed by atoms with Crippen molar-refractivity contribution in [3.63, 3.8) is 0 Å². The van der Waals surface area contributed by atoms with E-state index in [4.69, 9.17) is 11.2 Å². The number of allylic oxidation sites excluding steroid dienone is 2. The third-order valence-corrected chi connectivity index (χ3v) is 5.66. The molecule has 2 heterocycles. The van der Waals surface area contributed by atoms with Crippen molar-refractivity contribution in [2.45, 2.75) is 51.2 Å². The van der Waals surface area contributed by atoms with Crippen molar-refractivity contribution in [1.82, 2.24) is 15.6 Å². The number of methoxy groups -OCH3 is 1. The molecule has 1 aliphatic carbocycles. The van der Waals surface area contributed by atoms with Crippen LogP contribution in [0, 0.1) is 24.2 Å². The van der Waals surface area contributed by atoms with Crippen molar-refractivity contribution in [3.05, 3.63) is 47.2 Å². The normalized spacial score (nSPS) is 21.1. The van der Waals surface area contributed by atoms with E-state index in [1.165, 1.54) is 5.56 Å². The van der Waals surface area contributed by atoms with Gasteiger partial charge in [-0.3, -0.25) is 5.32 Å². The molecule has 0 aromatic carbocycles. The van der Waals surface area contributed by atoms with E-state index in [-0.39, 0.29) is 6.03 Å². The first-order valence-corrected chi connectivity index (χ1v) is 11.1. The minimum Gasteiger partial charge on any atom is -0.370 e. The quantitative estimate of drug-likeness (QED) is 0.357. The fraction of sp³-hybridized carbons (Fsp3) is 0.423. The summed E-state index contributed by atoms with van der Waals surface area (Å²) in [5.74, 6) is 10.2. The van der Waals surface area contributed by atoms with Crippen LogP contribution in [-0.2, 0) is 17.6 Å². The third kappa shape index (κ3) is 6.25. The standard InChI is InChI=1S/C26H31N5O2/c1-6-26(4,21-10-7-15-25(3,33-5)16-13-21)31-19(2)29-24(32)28-18-14-22-12-11-20-9-8-17-27-23(20)30-22/h1,7,10-12,15H,8-9,14,17-18H2,2-5H3,(H,27,30)(H2,28,29,31,32). The topological polar surface area (TPSA) is 87.6 Å². The Balaban J connectivity index is 1.57. The Labute approximate surface area is 196 Å². The van der Waals surface area contributed by atoms with E-state index in [9.17, 15) is 4.79 Å². The number of rotatable bonds is 6. The fourth-order valence-electron chi connectivity index (χ4n) is 3.56. The molecule has 0 saturated carbocycles. The summed E-state index contributed by atoms with van der Waals surface area (Å²) in [6, 6.07) is 3.78. The lowest BCUT2D eigenvalue weighted by Gasteiger charge is -2.20. The number of urea groups is 1. The van der Waals surface area contributed by atoms with Gasteiger partial charge in [-0.05, 0) is 57.4 Å². The van der Waals surface area contributed by atoms with E-state index in [1.807, 2.05) is 31.2 Å². The van der Waals surface area contributed by atoms with Gasteiger partial charge in [-0.15, -0.1) is 6.42 Å². The van der Waals surface area contributed by atoms with E-state index < -0.39 is 11.1 Å². The number of hydrogen-bond donors (Lipinski definition) is 3. The Kier molecular flexibility index (Phi) is 7.58. The lowest BCUT2D eigenvalue weighted by atomic mass is 9.93. The maximum atomic E-state index is 12.3. The molecule has 0 saturated heterocycles. The predicted molar refractivity (Wildman–Crippen MR) is 132 cm³/mol. The molecule has 172 valence electrons. The SMILES string of the molecule is C#CC(C)(N=C(C)NC(=O)NCCc1ccc2c(n1)NCCC2)C1=CC=CC(C)(OC)C#C1. The molecule has 1 aromatic rings. The lowest BCUT2D eigenvalue weighted by Crippen LogP contribution is -2.40. The number of amides is 2. The molecule has 1 aromatic heterocycles. The Hall–Kier alpha value is -3.55. The number of aliphatic imine (C=N–C) groups is 1. The number of carbonyl (C=O) groups excluding carboxylic acids is 1. The molecule has 2 amide bonds. The van der Waals surface area contributed by atoms with Gasteiger partial charge < -0.3 is 15.4 Å². The van der Waals surface area contributed by atoms with Crippen LogP contribution in [0.25, 0.3) is 0 Å². The third-order valence-electron chi connectivity index (χ3n) is 5.66. The summed E-state index contributed by atoms with van der Waals surface area (Å²) in [5.41, 5.74) is 1.12. The number of aryl methyl sites for hydroxylation is 1. The van der Waals surface area contributed by atoms with Crippen LogP contribution in [0.4, 0.5) is 10.6 Å². The van der Waals surface area contributed by atoms with Gasteiger partial charge in [0, 0.05) is 37.9 Å². The van der Waals surface area contributed by atoms with Crippen LogP contribution in [0.3, 0.4) is 0 Å². The highest BCUT2D eigenvalue weighted by atomic mass is 16.5. The molecular formula is C26H31N5O2. The van der Waals surface area contributed by atoms with E-state index in [0.29, 0.717) is 24.4 Å². The van der Waals surface area contributed by atoms with Crippen LogP contribution in [0.2, 0.25) is 0 Å². The average molecular weight is 446 g/mol. The molecule has 2 aliphatic rings. The summed E-state index contributed by atoms with van der Waals surface area (Å²) < 4.78 is 5.43. The van der Waals surface area contributed by atoms with Gasteiger partial charge in [0.2, 0.25) is 0 Å². The summed E-state index contributed by atoms with van der Waals surface area (Å²) >= 11 is 0. The average Bonchev–Trinajstić information content (AvgIpc) is 3.01. The summed E-state index contributed by atoms with van der Waals surface area (Å²) in [6.45, 7) is 6.76. The molecule has 0 spiro atoms. The van der Waals surface area contributed by atoms with Crippen molar-refractivity contribution in [3.8, 4) is 24.2 Å². The molecule has 2 atom stereocenters. The Morgan fingerprint density at radius 2 is 2.30 bits per heavy atom. The highest BCUT2D eigenvalue weighted by Gasteiger charge is 2.27. The summed E-state index contributed by atoms with van der Waals surface area (Å²) in [4.78, 5) is 21.6. The summed E-state index contributed by atoms with van der Waals surface area (Å²) in [7, 11) is 1.60. The molecule has 2 unspecified atom stereocenters. The molecule has 33 heavy (non-hydrogen) atoms. The van der Waals surface area contributed by atoms with Crippen molar-refractivity contribution in [2.75, 3.05) is 25.5 Å². The number of hydrogen-bond acceptors (Lipinski definition) is 5. The van der Waals surface area contributed by atoms with Gasteiger partial charge in [-0.1, -0.05) is 29.9 Å². The number of terminal acetylenes is 1. The van der Waals surface area contributed by atoms with Crippen LogP contribution >= 0.6 is 0 Å². The number of nitrogens with one attached hydrogen (secondary N) is 3. The van der Waals surface area contributed by atoms with E-state index in [0.717, 1.165) is 30.9 Å². The van der Waals surface area contributed by atoms with Gasteiger partial charge in [-0.2, -0.15) is 0 Å². The van der Waals surface area contributed by atoms with Crippen molar-refractivity contribution in [1.29, 1.82) is 0 Å². The monoisotopic (exact) mass is 445 g/mol. The van der Waals surface area contributed by atoms with Crippen LogP contribution in [0.15, 0.2) is 40.9 Å². The van der Waals surface area contributed by atoms with Gasteiger partial charge in [0.1, 0.15) is 17.3 Å². The number of ether oxygens (including phenoxy) is 1. The van der Waals surface area contributed by atoms with Crippen molar-refractivity contribution < 1.29 is 9.53 Å². The number of aromatic nitrogens is 1. The Bertz CT molecular complexity index is 1100. The second-order valence-corrected chi connectivity index (χ2v) is 8.39. The number of fused-ring (bicyclic) bond motifs is 1. The summed E-state index contributed by atoms with van der Waals surface area (Å²) in [6.07, 6.45) is 14.1. The van der Waals surface area contributed by atoms with Gasteiger partial charge >= 0.3 is 6.03 Å². The van der Waals surface area contributed by atoms with Crippen LogP contribution in [-0.4, -0.2) is 48.2 Å².